The van der Waals surface area contributed by atoms with Gasteiger partial charge in [0.1, 0.15) is 5.82 Å². The zero-order chi connectivity index (χ0) is 28.9. The SMILES string of the molecule is C=S1(=O)c2c(nc(CCc3ccc(F)cc3)c(N)c2-c2ccc(C(=O)NCc3ccc(F)c(F)c3)s2)[C@@H]2CCCN21. The Morgan fingerprint density at radius 1 is 1.07 bits per heavy atom. The lowest BCUT2D eigenvalue weighted by atomic mass is 10.0. The molecule has 1 unspecified atom stereocenters. The zero-order valence-electron chi connectivity index (χ0n) is 22.0. The first-order valence-electron chi connectivity index (χ1n) is 13.2. The fourth-order valence-electron chi connectivity index (χ4n) is 5.55. The van der Waals surface area contributed by atoms with E-state index in [2.05, 4.69) is 11.2 Å². The summed E-state index contributed by atoms with van der Waals surface area (Å²) in [7, 11) is -2.85. The fourth-order valence-corrected chi connectivity index (χ4v) is 8.92. The number of nitrogen functional groups attached to an aromatic ring is 1. The quantitative estimate of drug-likeness (QED) is 0.270. The van der Waals surface area contributed by atoms with Crippen molar-refractivity contribution in [3.8, 4) is 10.4 Å². The van der Waals surface area contributed by atoms with Crippen molar-refractivity contribution in [1.29, 1.82) is 0 Å². The average Bonchev–Trinajstić information content (AvgIpc) is 3.68. The molecule has 6 nitrogen and oxygen atoms in total. The van der Waals surface area contributed by atoms with Crippen LogP contribution in [0.3, 0.4) is 0 Å². The number of thiophene rings is 1. The smallest absolute Gasteiger partial charge is 0.261 e. The van der Waals surface area contributed by atoms with Crippen LogP contribution >= 0.6 is 11.3 Å². The van der Waals surface area contributed by atoms with Gasteiger partial charge in [-0.3, -0.25) is 9.78 Å². The number of benzene rings is 2. The third kappa shape index (κ3) is 5.02. The molecular formula is C30H27F3N4O2S2. The van der Waals surface area contributed by atoms with Gasteiger partial charge >= 0.3 is 0 Å². The third-order valence-electron chi connectivity index (χ3n) is 7.59. The van der Waals surface area contributed by atoms with E-state index in [0.717, 1.165) is 36.2 Å². The number of aromatic nitrogens is 1. The molecule has 4 heterocycles. The molecule has 212 valence electrons. The van der Waals surface area contributed by atoms with E-state index in [9.17, 15) is 22.2 Å². The Morgan fingerprint density at radius 3 is 2.59 bits per heavy atom. The minimum absolute atomic E-state index is 0.0208. The van der Waals surface area contributed by atoms with Gasteiger partial charge in [0.25, 0.3) is 5.91 Å². The minimum Gasteiger partial charge on any atom is -0.397 e. The Labute approximate surface area is 240 Å². The van der Waals surface area contributed by atoms with Crippen molar-refractivity contribution in [2.75, 3.05) is 12.3 Å². The van der Waals surface area contributed by atoms with Crippen LogP contribution in [0.2, 0.25) is 0 Å². The van der Waals surface area contributed by atoms with E-state index in [4.69, 9.17) is 10.7 Å². The van der Waals surface area contributed by atoms with Crippen molar-refractivity contribution in [3.63, 3.8) is 0 Å². The van der Waals surface area contributed by atoms with E-state index < -0.39 is 21.3 Å². The van der Waals surface area contributed by atoms with Crippen molar-refractivity contribution < 1.29 is 22.2 Å². The van der Waals surface area contributed by atoms with Crippen molar-refractivity contribution in [2.45, 2.75) is 43.2 Å². The lowest BCUT2D eigenvalue weighted by Gasteiger charge is -2.18. The highest BCUT2D eigenvalue weighted by molar-refractivity contribution is 7.98. The van der Waals surface area contributed by atoms with Gasteiger partial charge < -0.3 is 11.1 Å². The normalized spacial score (nSPS) is 19.7. The Bertz CT molecular complexity index is 1770. The van der Waals surface area contributed by atoms with Crippen molar-refractivity contribution >= 4 is 38.5 Å². The number of carbonyl (C=O) groups excluding carboxylic acids is 1. The van der Waals surface area contributed by atoms with Crippen LogP contribution < -0.4 is 11.1 Å². The van der Waals surface area contributed by atoms with Crippen LogP contribution in [0.5, 0.6) is 0 Å². The Morgan fingerprint density at radius 2 is 1.83 bits per heavy atom. The number of rotatable bonds is 7. The van der Waals surface area contributed by atoms with Gasteiger partial charge in [0.05, 0.1) is 42.6 Å². The van der Waals surface area contributed by atoms with Gasteiger partial charge in [-0.15, -0.1) is 11.3 Å². The largest absolute Gasteiger partial charge is 0.397 e. The summed E-state index contributed by atoms with van der Waals surface area (Å²) in [6.07, 6.45) is 2.79. The van der Waals surface area contributed by atoms with E-state index in [0.29, 0.717) is 56.5 Å². The summed E-state index contributed by atoms with van der Waals surface area (Å²) in [5, 5.41) is 2.73. The molecule has 0 bridgehead atoms. The van der Waals surface area contributed by atoms with Gasteiger partial charge in [-0.05, 0) is 79.1 Å². The molecule has 4 aromatic rings. The fraction of sp³-hybridized carbons (Fsp3) is 0.233. The minimum atomic E-state index is -2.85. The summed E-state index contributed by atoms with van der Waals surface area (Å²) in [4.78, 5) is 19.5. The molecule has 2 aromatic carbocycles. The second kappa shape index (κ2) is 10.6. The second-order valence-electron chi connectivity index (χ2n) is 10.2. The molecule has 1 amide bonds. The highest BCUT2D eigenvalue weighted by atomic mass is 32.2. The number of nitrogens with one attached hydrogen (secondary N) is 1. The number of pyridine rings is 1. The number of carbonyl (C=O) groups is 1. The molecule has 11 heteroatoms. The van der Waals surface area contributed by atoms with E-state index in [1.54, 1.807) is 24.3 Å². The molecule has 2 atom stereocenters. The highest BCUT2D eigenvalue weighted by Crippen LogP contribution is 2.51. The van der Waals surface area contributed by atoms with Gasteiger partial charge in [-0.1, -0.05) is 18.2 Å². The van der Waals surface area contributed by atoms with E-state index in [-0.39, 0.29) is 24.3 Å². The average molecular weight is 597 g/mol. The molecule has 0 aliphatic carbocycles. The predicted octanol–water partition coefficient (Wildman–Crippen LogP) is 5.67. The highest BCUT2D eigenvalue weighted by Gasteiger charge is 2.45. The molecule has 3 N–H and O–H groups in total. The van der Waals surface area contributed by atoms with Crippen LogP contribution in [0, 0.1) is 17.5 Å². The second-order valence-corrected chi connectivity index (χ2v) is 13.5. The van der Waals surface area contributed by atoms with E-state index in [1.165, 1.54) is 29.5 Å². The summed E-state index contributed by atoms with van der Waals surface area (Å²) in [6.45, 7) is 0.669. The first-order valence-corrected chi connectivity index (χ1v) is 15.7. The zero-order valence-corrected chi connectivity index (χ0v) is 23.6. The van der Waals surface area contributed by atoms with Crippen LogP contribution in [-0.2, 0) is 29.1 Å². The van der Waals surface area contributed by atoms with Gasteiger partial charge in [-0.25, -0.2) is 21.7 Å². The van der Waals surface area contributed by atoms with Gasteiger partial charge in [0.2, 0.25) is 0 Å². The number of nitrogens with zero attached hydrogens (tertiary/aromatic N) is 2. The third-order valence-corrected chi connectivity index (χ3v) is 10.9. The van der Waals surface area contributed by atoms with Gasteiger partial charge in [0, 0.05) is 23.5 Å². The Kier molecular flexibility index (Phi) is 7.13. The van der Waals surface area contributed by atoms with E-state index in [1.807, 2.05) is 4.31 Å². The number of halogens is 3. The molecule has 2 aromatic heterocycles. The number of nitrogens with two attached hydrogens (primary N) is 1. The number of aryl methyl sites for hydroxylation is 2. The number of hydrogen-bond acceptors (Lipinski definition) is 5. The predicted molar refractivity (Wildman–Crippen MR) is 156 cm³/mol. The molecule has 41 heavy (non-hydrogen) atoms. The van der Waals surface area contributed by atoms with Crippen molar-refractivity contribution in [2.24, 2.45) is 0 Å². The van der Waals surface area contributed by atoms with Crippen LogP contribution in [0.4, 0.5) is 18.9 Å². The molecular weight excluding hydrogens is 569 g/mol. The van der Waals surface area contributed by atoms with Crippen LogP contribution in [-0.4, -0.2) is 31.8 Å². The van der Waals surface area contributed by atoms with Gasteiger partial charge in [0.15, 0.2) is 11.6 Å². The van der Waals surface area contributed by atoms with Crippen LogP contribution in [0.25, 0.3) is 10.4 Å². The monoisotopic (exact) mass is 596 g/mol. The number of amides is 1. The standard InChI is InChI=1S/C30H27F3N4O2S2/c1-41(39)29-26(24-12-13-25(40-24)30(38)35-16-18-6-10-20(32)21(33)15-18)27(34)22(11-7-17-4-8-19(31)9-5-17)36-28(29)23-3-2-14-37(23)41/h4-6,8-10,12-13,15,23H,1-3,7,11,14,16,34H2,(H,35,38)/t23-,41?/m0/s1. The number of fused-ring (bicyclic) bond motifs is 3. The molecule has 0 saturated carbocycles. The Hall–Kier alpha value is -3.67. The summed E-state index contributed by atoms with van der Waals surface area (Å²) in [5.74, 6) is 1.49. The first kappa shape index (κ1) is 27.5. The maximum Gasteiger partial charge on any atom is 0.261 e. The van der Waals surface area contributed by atoms with Crippen molar-refractivity contribution in [1.82, 2.24) is 14.6 Å². The van der Waals surface area contributed by atoms with E-state index >= 15 is 0 Å². The molecule has 2 aliphatic rings. The van der Waals surface area contributed by atoms with Crippen molar-refractivity contribution in [3.05, 3.63) is 99.4 Å². The summed E-state index contributed by atoms with van der Waals surface area (Å²) in [6, 6.07) is 13.1. The number of hydrogen-bond donors (Lipinski definition) is 2. The van der Waals surface area contributed by atoms with Gasteiger partial charge in [-0.2, -0.15) is 0 Å². The summed E-state index contributed by atoms with van der Waals surface area (Å²) < 4.78 is 56.2. The van der Waals surface area contributed by atoms with Crippen LogP contribution in [0.1, 0.15) is 51.1 Å². The summed E-state index contributed by atoms with van der Waals surface area (Å²) >= 11 is 1.20. The molecule has 0 radical (unpaired) electrons. The lowest BCUT2D eigenvalue weighted by molar-refractivity contribution is 0.0955. The maximum atomic E-state index is 14.1. The Balaban J connectivity index is 1.34. The first-order chi connectivity index (χ1) is 19.6. The lowest BCUT2D eigenvalue weighted by Crippen LogP contribution is -2.23. The topological polar surface area (TPSA) is 88.3 Å². The molecule has 6 rings (SSSR count). The molecule has 1 saturated heterocycles. The maximum absolute atomic E-state index is 14.1. The van der Waals surface area contributed by atoms with Crippen LogP contribution in [0.15, 0.2) is 59.5 Å². The molecule has 1 fully saturated rings. The summed E-state index contributed by atoms with van der Waals surface area (Å²) in [5.41, 5.74) is 10.5. The molecule has 2 aliphatic heterocycles. The molecule has 0 spiro atoms. The number of anilines is 1.